The standard InChI is InChI=1S/C18H20ClN3O/c19-16-3-1-14(2-4-16)15-6-8-22(11-15)18(23)20-17-9-13-5-7-21(10-13)12-17/h1-4,6,8,11,13,17H,5,7,9-10,12H2,(H,20,23). The van der Waals surface area contributed by atoms with Crippen molar-refractivity contribution < 1.29 is 4.79 Å². The number of amides is 1. The smallest absolute Gasteiger partial charge is 0.325 e. The molecule has 0 aliphatic carbocycles. The summed E-state index contributed by atoms with van der Waals surface area (Å²) in [6.07, 6.45) is 6.07. The summed E-state index contributed by atoms with van der Waals surface area (Å²) in [5.74, 6) is 0.753. The fourth-order valence-corrected chi connectivity index (χ4v) is 3.88. The number of aromatic nitrogens is 1. The van der Waals surface area contributed by atoms with E-state index in [1.54, 1.807) is 4.57 Å². The van der Waals surface area contributed by atoms with Gasteiger partial charge in [-0.3, -0.25) is 4.57 Å². The van der Waals surface area contributed by atoms with Crippen molar-refractivity contribution in [2.75, 3.05) is 19.6 Å². The minimum Gasteiger partial charge on any atom is -0.333 e. The Kier molecular flexibility index (Phi) is 3.87. The summed E-state index contributed by atoms with van der Waals surface area (Å²) >= 11 is 5.92. The highest BCUT2D eigenvalue weighted by Crippen LogP contribution is 2.27. The second kappa shape index (κ2) is 6.02. The molecule has 2 saturated heterocycles. The lowest BCUT2D eigenvalue weighted by atomic mass is 9.97. The van der Waals surface area contributed by atoms with Gasteiger partial charge in [0.25, 0.3) is 0 Å². The molecule has 1 amide bonds. The Morgan fingerprint density at radius 1 is 1.13 bits per heavy atom. The van der Waals surface area contributed by atoms with Gasteiger partial charge >= 0.3 is 6.03 Å². The van der Waals surface area contributed by atoms with Crippen LogP contribution in [0.25, 0.3) is 11.1 Å². The highest BCUT2D eigenvalue weighted by Gasteiger charge is 2.32. The van der Waals surface area contributed by atoms with Crippen molar-refractivity contribution in [1.29, 1.82) is 0 Å². The Morgan fingerprint density at radius 2 is 1.96 bits per heavy atom. The van der Waals surface area contributed by atoms with Crippen molar-refractivity contribution in [3.8, 4) is 11.1 Å². The van der Waals surface area contributed by atoms with Gasteiger partial charge in [0.15, 0.2) is 0 Å². The molecule has 4 rings (SSSR count). The van der Waals surface area contributed by atoms with E-state index in [4.69, 9.17) is 11.6 Å². The predicted molar refractivity (Wildman–Crippen MR) is 91.8 cm³/mol. The Bertz CT molecular complexity index is 697. The van der Waals surface area contributed by atoms with E-state index >= 15 is 0 Å². The van der Waals surface area contributed by atoms with E-state index in [0.29, 0.717) is 5.02 Å². The van der Waals surface area contributed by atoms with Crippen LogP contribution in [0, 0.1) is 5.92 Å². The molecule has 1 aromatic heterocycles. The van der Waals surface area contributed by atoms with Crippen molar-refractivity contribution in [3.63, 3.8) is 0 Å². The lowest BCUT2D eigenvalue weighted by molar-refractivity contribution is 0.206. The summed E-state index contributed by atoms with van der Waals surface area (Å²) < 4.78 is 1.63. The zero-order chi connectivity index (χ0) is 15.8. The highest BCUT2D eigenvalue weighted by atomic mass is 35.5. The number of rotatable bonds is 2. The maximum Gasteiger partial charge on any atom is 0.325 e. The van der Waals surface area contributed by atoms with Crippen LogP contribution in [-0.4, -0.2) is 41.2 Å². The van der Waals surface area contributed by atoms with Crippen LogP contribution in [0.2, 0.25) is 5.02 Å². The first-order valence-corrected chi connectivity index (χ1v) is 8.52. The molecule has 2 aliphatic rings. The molecule has 0 radical (unpaired) electrons. The molecule has 0 saturated carbocycles. The van der Waals surface area contributed by atoms with E-state index < -0.39 is 0 Å². The number of piperidine rings is 1. The third-order valence-corrected chi connectivity index (χ3v) is 5.15. The number of fused-ring (bicyclic) bond motifs is 2. The molecule has 3 atom stereocenters. The maximum absolute atomic E-state index is 12.5. The summed E-state index contributed by atoms with van der Waals surface area (Å²) in [7, 11) is 0. The van der Waals surface area contributed by atoms with Crippen molar-refractivity contribution in [2.24, 2.45) is 5.92 Å². The van der Waals surface area contributed by atoms with E-state index in [-0.39, 0.29) is 12.1 Å². The van der Waals surface area contributed by atoms with E-state index in [0.717, 1.165) is 30.0 Å². The van der Waals surface area contributed by atoms with Gasteiger partial charge in [0.1, 0.15) is 0 Å². The molecule has 3 heterocycles. The van der Waals surface area contributed by atoms with Crippen molar-refractivity contribution in [1.82, 2.24) is 14.8 Å². The van der Waals surface area contributed by atoms with Crippen molar-refractivity contribution >= 4 is 17.6 Å². The Labute approximate surface area is 141 Å². The summed E-state index contributed by atoms with van der Waals surface area (Å²) in [6, 6.07) is 9.83. The summed E-state index contributed by atoms with van der Waals surface area (Å²) in [4.78, 5) is 14.9. The van der Waals surface area contributed by atoms with Crippen molar-refractivity contribution in [3.05, 3.63) is 47.7 Å². The topological polar surface area (TPSA) is 37.3 Å². The lowest BCUT2D eigenvalue weighted by Crippen LogP contribution is -2.47. The third-order valence-electron chi connectivity index (χ3n) is 4.90. The van der Waals surface area contributed by atoms with Crippen LogP contribution in [0.4, 0.5) is 4.79 Å². The third kappa shape index (κ3) is 3.14. The molecule has 0 spiro atoms. The van der Waals surface area contributed by atoms with Crippen LogP contribution < -0.4 is 5.32 Å². The van der Waals surface area contributed by atoms with Gasteiger partial charge in [-0.1, -0.05) is 23.7 Å². The molecule has 2 aliphatic heterocycles. The summed E-state index contributed by atoms with van der Waals surface area (Å²) in [5.41, 5.74) is 2.08. The molecule has 4 nitrogen and oxygen atoms in total. The molecule has 5 heteroatoms. The minimum atomic E-state index is -0.0438. The average molecular weight is 330 g/mol. The van der Waals surface area contributed by atoms with E-state index in [9.17, 15) is 4.79 Å². The SMILES string of the molecule is O=C(NC1CC2CCN(C2)C1)n1ccc(-c2ccc(Cl)cc2)c1. The number of carbonyl (C=O) groups excluding carboxylic acids is 1. The molecule has 2 aromatic rings. The number of nitrogens with one attached hydrogen (secondary N) is 1. The Hall–Kier alpha value is -1.78. The number of halogens is 1. The largest absolute Gasteiger partial charge is 0.333 e. The monoisotopic (exact) mass is 329 g/mol. The molecule has 2 bridgehead atoms. The fourth-order valence-electron chi connectivity index (χ4n) is 3.75. The predicted octanol–water partition coefficient (Wildman–Crippen LogP) is 3.46. The van der Waals surface area contributed by atoms with E-state index in [1.165, 1.54) is 19.5 Å². The number of nitrogens with zero attached hydrogens (tertiary/aromatic N) is 2. The van der Waals surface area contributed by atoms with Gasteiger partial charge in [0.05, 0.1) is 0 Å². The molecule has 1 N–H and O–H groups in total. The van der Waals surface area contributed by atoms with Gasteiger partial charge in [0, 0.05) is 36.5 Å². The molecule has 120 valence electrons. The normalized spacial score (nSPS) is 26.2. The zero-order valence-electron chi connectivity index (χ0n) is 12.9. The lowest BCUT2D eigenvalue weighted by Gasteiger charge is -2.30. The first-order chi connectivity index (χ1) is 11.2. The minimum absolute atomic E-state index is 0.0438. The number of hydrogen-bond acceptors (Lipinski definition) is 2. The van der Waals surface area contributed by atoms with Gasteiger partial charge in [0.2, 0.25) is 0 Å². The van der Waals surface area contributed by atoms with Crippen LogP contribution in [0.15, 0.2) is 42.7 Å². The first kappa shape index (κ1) is 14.8. The molecule has 1 aromatic carbocycles. The van der Waals surface area contributed by atoms with Crippen LogP contribution >= 0.6 is 11.6 Å². The number of carbonyl (C=O) groups is 1. The fraction of sp³-hybridized carbons (Fsp3) is 0.389. The number of benzene rings is 1. The van der Waals surface area contributed by atoms with Gasteiger partial charge in [-0.15, -0.1) is 0 Å². The summed E-state index contributed by atoms with van der Waals surface area (Å²) in [5, 5.41) is 3.89. The molecular formula is C18H20ClN3O. The van der Waals surface area contributed by atoms with Crippen LogP contribution in [-0.2, 0) is 0 Å². The molecule has 23 heavy (non-hydrogen) atoms. The molecular weight excluding hydrogens is 310 g/mol. The second-order valence-corrected chi connectivity index (χ2v) is 7.05. The van der Waals surface area contributed by atoms with Crippen LogP contribution in [0.5, 0.6) is 0 Å². The van der Waals surface area contributed by atoms with Crippen LogP contribution in [0.3, 0.4) is 0 Å². The van der Waals surface area contributed by atoms with Crippen molar-refractivity contribution in [2.45, 2.75) is 18.9 Å². The Balaban J connectivity index is 1.44. The van der Waals surface area contributed by atoms with Gasteiger partial charge < -0.3 is 10.2 Å². The number of hydrogen-bond donors (Lipinski definition) is 1. The van der Waals surface area contributed by atoms with Gasteiger partial charge in [-0.05, 0) is 54.6 Å². The van der Waals surface area contributed by atoms with Crippen LogP contribution in [0.1, 0.15) is 12.8 Å². The average Bonchev–Trinajstić information content (AvgIpc) is 3.15. The van der Waals surface area contributed by atoms with E-state index in [1.807, 2.05) is 42.7 Å². The van der Waals surface area contributed by atoms with Gasteiger partial charge in [-0.25, -0.2) is 4.79 Å². The molecule has 3 unspecified atom stereocenters. The summed E-state index contributed by atoms with van der Waals surface area (Å²) in [6.45, 7) is 3.37. The van der Waals surface area contributed by atoms with E-state index in [2.05, 4.69) is 10.2 Å². The first-order valence-electron chi connectivity index (χ1n) is 8.14. The second-order valence-electron chi connectivity index (χ2n) is 6.61. The maximum atomic E-state index is 12.5. The highest BCUT2D eigenvalue weighted by molar-refractivity contribution is 6.30. The Morgan fingerprint density at radius 3 is 2.74 bits per heavy atom. The quantitative estimate of drug-likeness (QED) is 0.916. The van der Waals surface area contributed by atoms with Gasteiger partial charge in [-0.2, -0.15) is 0 Å². The zero-order valence-corrected chi connectivity index (χ0v) is 13.7. The molecule has 2 fully saturated rings.